The summed E-state index contributed by atoms with van der Waals surface area (Å²) in [4.78, 5) is 0. The van der Waals surface area contributed by atoms with Crippen LogP contribution in [0.3, 0.4) is 0 Å². The lowest BCUT2D eigenvalue weighted by Gasteiger charge is -2.22. The Labute approximate surface area is 440 Å². The Hall–Kier alpha value is -8.76. The molecule has 16 rings (SSSR count). The van der Waals surface area contributed by atoms with Crippen LogP contribution in [0, 0.1) is 0 Å². The number of nitrogens with zero attached hydrogens (tertiary/aromatic N) is 2. The highest BCUT2D eigenvalue weighted by molar-refractivity contribution is 7.25. The van der Waals surface area contributed by atoms with E-state index in [2.05, 4.69) is 267 Å². The molecule has 3 aromatic heterocycles. The molecule has 11 aromatic carbocycles. The fourth-order valence-corrected chi connectivity index (χ4v) is 14.8. The Balaban J connectivity index is 0.783. The van der Waals surface area contributed by atoms with Gasteiger partial charge in [-0.25, -0.2) is 0 Å². The highest BCUT2D eigenvalue weighted by Crippen LogP contribution is 2.56. The molecule has 75 heavy (non-hydrogen) atoms. The van der Waals surface area contributed by atoms with Crippen LogP contribution in [0.4, 0.5) is 0 Å². The van der Waals surface area contributed by atoms with Crippen molar-refractivity contribution in [3.05, 3.63) is 253 Å². The molecule has 0 spiro atoms. The van der Waals surface area contributed by atoms with Crippen molar-refractivity contribution >= 4 is 75.1 Å². The molecule has 0 unspecified atom stereocenters. The van der Waals surface area contributed by atoms with Crippen LogP contribution in [0.5, 0.6) is 0 Å². The van der Waals surface area contributed by atoms with Crippen molar-refractivity contribution in [3.63, 3.8) is 0 Å². The van der Waals surface area contributed by atoms with Gasteiger partial charge in [0.1, 0.15) is 0 Å². The third kappa shape index (κ3) is 5.90. The van der Waals surface area contributed by atoms with Crippen molar-refractivity contribution in [2.45, 2.75) is 38.5 Å². The van der Waals surface area contributed by atoms with E-state index < -0.39 is 0 Å². The zero-order chi connectivity index (χ0) is 49.9. The van der Waals surface area contributed by atoms with E-state index in [-0.39, 0.29) is 10.8 Å². The summed E-state index contributed by atoms with van der Waals surface area (Å²) in [6.45, 7) is 9.62. The number of aromatic nitrogens is 2. The average molecular weight is 975 g/mol. The summed E-state index contributed by atoms with van der Waals surface area (Å²) in [6.07, 6.45) is 0. The molecule has 3 heterocycles. The molecule has 0 saturated heterocycles. The maximum absolute atomic E-state index is 2.49. The van der Waals surface area contributed by atoms with Crippen LogP contribution in [0.1, 0.15) is 49.9 Å². The maximum atomic E-state index is 2.49. The number of para-hydroxylation sites is 4. The van der Waals surface area contributed by atoms with Crippen LogP contribution >= 0.6 is 11.3 Å². The predicted octanol–water partition coefficient (Wildman–Crippen LogP) is 19.9. The number of hydrogen-bond acceptors (Lipinski definition) is 1. The van der Waals surface area contributed by atoms with E-state index in [0.29, 0.717) is 0 Å². The molecular formula is C72H50N2S. The molecule has 0 fully saturated rings. The summed E-state index contributed by atoms with van der Waals surface area (Å²) in [5.74, 6) is 0. The molecule has 0 aliphatic heterocycles. The summed E-state index contributed by atoms with van der Waals surface area (Å²) in [7, 11) is 0. The molecule has 0 N–H and O–H groups in total. The second-order valence-electron chi connectivity index (χ2n) is 22.0. The molecule has 2 aliphatic carbocycles. The van der Waals surface area contributed by atoms with E-state index in [1.807, 2.05) is 11.3 Å². The summed E-state index contributed by atoms with van der Waals surface area (Å²) in [6, 6.07) is 86.8. The average Bonchev–Trinajstić information content (AvgIpc) is 4.21. The van der Waals surface area contributed by atoms with Gasteiger partial charge in [-0.1, -0.05) is 179 Å². The minimum Gasteiger partial charge on any atom is -0.309 e. The first-order valence-electron chi connectivity index (χ1n) is 26.3. The highest BCUT2D eigenvalue weighted by atomic mass is 32.1. The minimum absolute atomic E-state index is 0.171. The number of hydrogen-bond donors (Lipinski definition) is 0. The third-order valence-electron chi connectivity index (χ3n) is 17.3. The zero-order valence-corrected chi connectivity index (χ0v) is 43.1. The first kappa shape index (κ1) is 42.7. The fourth-order valence-electron chi connectivity index (χ4n) is 13.7. The number of thiophene rings is 1. The SMILES string of the molecule is CC1(C)c2cc(-c3ccc4sc5ccc(-c6ccc7c(c6)C(C)(C)c6cccc(-n8c9ccccc9c9ccccc98)c6-7)cc5c4c3)ccc2-c2c(-c3cccc4c3c3ccccc3n4-c3ccccc3)cccc21. The van der Waals surface area contributed by atoms with Gasteiger partial charge in [0.2, 0.25) is 0 Å². The molecule has 0 atom stereocenters. The molecule has 0 bridgehead atoms. The van der Waals surface area contributed by atoms with Crippen LogP contribution in [0.25, 0.3) is 131 Å². The first-order chi connectivity index (χ1) is 36.7. The standard InChI is InChI=1S/C72H50N2S/c1-71(2)57-24-14-22-50(51-23-15-29-64-69(51)54-21-10-13-28-63(54)73(64)47-17-6-5-7-18-47)68(57)52-35-31-45(41-59(52)71)43-33-37-66-55(39-43)56-40-44(34-38-67(56)75-66)46-32-36-53-60(42-46)72(3,4)58-25-16-30-65(70(53)58)74-61-26-11-8-19-48(61)49-20-9-12-27-62(49)74/h5-42H,1-4H3. The van der Waals surface area contributed by atoms with Crippen molar-refractivity contribution in [1.29, 1.82) is 0 Å². The Morgan fingerprint density at radius 3 is 1.40 bits per heavy atom. The van der Waals surface area contributed by atoms with Gasteiger partial charge in [-0.05, 0) is 151 Å². The van der Waals surface area contributed by atoms with Crippen molar-refractivity contribution in [2.24, 2.45) is 0 Å². The van der Waals surface area contributed by atoms with Gasteiger partial charge in [-0.2, -0.15) is 0 Å². The Kier molecular flexibility index (Phi) is 8.77. The number of fused-ring (bicyclic) bond motifs is 15. The lowest BCUT2D eigenvalue weighted by atomic mass is 9.81. The highest BCUT2D eigenvalue weighted by Gasteiger charge is 2.39. The van der Waals surface area contributed by atoms with Crippen LogP contribution in [-0.2, 0) is 10.8 Å². The summed E-state index contributed by atoms with van der Waals surface area (Å²) >= 11 is 1.89. The number of benzene rings is 11. The normalized spacial score (nSPS) is 14.1. The lowest BCUT2D eigenvalue weighted by molar-refractivity contribution is 0.660. The minimum atomic E-state index is -0.185. The van der Waals surface area contributed by atoms with Crippen LogP contribution in [0.15, 0.2) is 231 Å². The second-order valence-corrected chi connectivity index (χ2v) is 23.1. The van der Waals surface area contributed by atoms with Crippen LogP contribution in [0.2, 0.25) is 0 Å². The molecule has 2 nitrogen and oxygen atoms in total. The predicted molar refractivity (Wildman–Crippen MR) is 319 cm³/mol. The second kappa shape index (κ2) is 15.4. The summed E-state index contributed by atoms with van der Waals surface area (Å²) in [5, 5.41) is 7.76. The van der Waals surface area contributed by atoms with Gasteiger partial charge in [0.05, 0.1) is 27.8 Å². The Morgan fingerprint density at radius 2 is 0.773 bits per heavy atom. The van der Waals surface area contributed by atoms with Gasteiger partial charge in [-0.3, -0.25) is 0 Å². The van der Waals surface area contributed by atoms with E-state index in [9.17, 15) is 0 Å². The molecule has 354 valence electrons. The third-order valence-corrected chi connectivity index (χ3v) is 18.5. The van der Waals surface area contributed by atoms with Crippen LogP contribution < -0.4 is 0 Å². The van der Waals surface area contributed by atoms with Gasteiger partial charge in [0.15, 0.2) is 0 Å². The summed E-state index contributed by atoms with van der Waals surface area (Å²) in [5.41, 5.74) is 25.4. The van der Waals surface area contributed by atoms with E-state index in [1.165, 1.54) is 153 Å². The molecule has 14 aromatic rings. The zero-order valence-electron chi connectivity index (χ0n) is 42.2. The van der Waals surface area contributed by atoms with Gasteiger partial charge < -0.3 is 9.13 Å². The molecule has 0 saturated carbocycles. The van der Waals surface area contributed by atoms with E-state index >= 15 is 0 Å². The van der Waals surface area contributed by atoms with Crippen LogP contribution in [-0.4, -0.2) is 9.13 Å². The molecule has 0 amide bonds. The van der Waals surface area contributed by atoms with E-state index in [4.69, 9.17) is 0 Å². The summed E-state index contributed by atoms with van der Waals surface area (Å²) < 4.78 is 7.54. The quantitative estimate of drug-likeness (QED) is 0.163. The van der Waals surface area contributed by atoms with E-state index in [1.54, 1.807) is 0 Å². The molecule has 0 radical (unpaired) electrons. The van der Waals surface area contributed by atoms with Gasteiger partial charge in [0, 0.05) is 63.8 Å². The Bertz CT molecular complexity index is 4710. The fraction of sp³-hybridized carbons (Fsp3) is 0.0833. The topological polar surface area (TPSA) is 9.86 Å². The maximum Gasteiger partial charge on any atom is 0.0547 e. The van der Waals surface area contributed by atoms with Gasteiger partial charge in [-0.15, -0.1) is 11.3 Å². The molecule has 2 aliphatic rings. The smallest absolute Gasteiger partial charge is 0.0547 e. The number of rotatable bonds is 5. The van der Waals surface area contributed by atoms with Gasteiger partial charge >= 0.3 is 0 Å². The van der Waals surface area contributed by atoms with Crippen molar-refractivity contribution < 1.29 is 0 Å². The largest absolute Gasteiger partial charge is 0.309 e. The van der Waals surface area contributed by atoms with Crippen molar-refractivity contribution in [2.75, 3.05) is 0 Å². The van der Waals surface area contributed by atoms with Crippen molar-refractivity contribution in [3.8, 4) is 67.0 Å². The molecule has 3 heteroatoms. The van der Waals surface area contributed by atoms with Crippen molar-refractivity contribution in [1.82, 2.24) is 9.13 Å². The van der Waals surface area contributed by atoms with E-state index in [0.717, 1.165) is 0 Å². The molecular weight excluding hydrogens is 925 g/mol. The lowest BCUT2D eigenvalue weighted by Crippen LogP contribution is -2.15. The van der Waals surface area contributed by atoms with Gasteiger partial charge in [0.25, 0.3) is 0 Å². The monoisotopic (exact) mass is 974 g/mol. The Morgan fingerprint density at radius 1 is 0.307 bits per heavy atom. The first-order valence-corrected chi connectivity index (χ1v) is 27.1.